The maximum absolute atomic E-state index is 5.02. The zero-order chi connectivity index (χ0) is 8.69. The topological polar surface area (TPSA) is 21.3 Å². The van der Waals surface area contributed by atoms with Gasteiger partial charge >= 0.3 is 0 Å². The summed E-state index contributed by atoms with van der Waals surface area (Å²) >= 11 is 0. The molecule has 2 heteroatoms. The van der Waals surface area contributed by atoms with Gasteiger partial charge in [-0.25, -0.2) is 0 Å². The smallest absolute Gasteiger partial charge is 0.0477 e. The van der Waals surface area contributed by atoms with E-state index < -0.39 is 0 Å². The van der Waals surface area contributed by atoms with Crippen molar-refractivity contribution in [3.05, 3.63) is 0 Å². The lowest BCUT2D eigenvalue weighted by molar-refractivity contribution is 0.180. The summed E-state index contributed by atoms with van der Waals surface area (Å²) in [5, 5.41) is 3.48. The van der Waals surface area contributed by atoms with Gasteiger partial charge in [0.25, 0.3) is 0 Å². The third-order valence-corrected chi connectivity index (χ3v) is 1.73. The summed E-state index contributed by atoms with van der Waals surface area (Å²) in [5.74, 6) is 0. The van der Waals surface area contributed by atoms with E-state index in [-0.39, 0.29) is 1.43 Å². The molecule has 0 aromatic carbocycles. The van der Waals surface area contributed by atoms with E-state index in [0.29, 0.717) is 12.1 Å². The molecule has 0 spiro atoms. The van der Waals surface area contributed by atoms with Crippen LogP contribution in [0.4, 0.5) is 0 Å². The third-order valence-electron chi connectivity index (χ3n) is 1.73. The number of hydrogen-bond donors (Lipinski definition) is 1. The first-order valence-electron chi connectivity index (χ1n) is 4.45. The Labute approximate surface area is 71.8 Å². The van der Waals surface area contributed by atoms with Gasteiger partial charge in [-0.05, 0) is 12.8 Å². The van der Waals surface area contributed by atoms with Gasteiger partial charge in [0, 0.05) is 27.2 Å². The first-order chi connectivity index (χ1) is 5.20. The van der Waals surface area contributed by atoms with Crippen molar-refractivity contribution >= 4 is 0 Å². The molecule has 70 valence electrons. The standard InChI is InChI=1S/C9H21NO.H2/c1-5-9(6-7-11-4)10-8(2)3;/h8-10H,5-7H2,1-4H3;1H. The van der Waals surface area contributed by atoms with Gasteiger partial charge in [-0.15, -0.1) is 0 Å². The molecule has 0 heterocycles. The van der Waals surface area contributed by atoms with Crippen molar-refractivity contribution in [2.45, 2.75) is 45.7 Å². The fourth-order valence-corrected chi connectivity index (χ4v) is 1.14. The highest BCUT2D eigenvalue weighted by atomic mass is 16.5. The van der Waals surface area contributed by atoms with Crippen molar-refractivity contribution in [3.8, 4) is 0 Å². The SMILES string of the molecule is CCC(CCOC)NC(C)C.[HH]. The fourth-order valence-electron chi connectivity index (χ4n) is 1.14. The second kappa shape index (κ2) is 6.62. The van der Waals surface area contributed by atoms with Crippen LogP contribution in [-0.2, 0) is 4.74 Å². The maximum Gasteiger partial charge on any atom is 0.0477 e. The Morgan fingerprint density at radius 1 is 1.45 bits per heavy atom. The molecule has 0 amide bonds. The van der Waals surface area contributed by atoms with Gasteiger partial charge in [-0.2, -0.15) is 0 Å². The van der Waals surface area contributed by atoms with Crippen LogP contribution in [0.5, 0.6) is 0 Å². The van der Waals surface area contributed by atoms with E-state index >= 15 is 0 Å². The molecular formula is C9H23NO. The molecule has 1 unspecified atom stereocenters. The van der Waals surface area contributed by atoms with Crippen LogP contribution in [-0.4, -0.2) is 25.8 Å². The predicted molar refractivity (Wildman–Crippen MR) is 51.0 cm³/mol. The molecule has 0 aromatic rings. The molecular weight excluding hydrogens is 138 g/mol. The summed E-state index contributed by atoms with van der Waals surface area (Å²) in [6.45, 7) is 7.42. The number of nitrogens with one attached hydrogen (secondary N) is 1. The van der Waals surface area contributed by atoms with E-state index in [4.69, 9.17) is 4.74 Å². The van der Waals surface area contributed by atoms with E-state index in [2.05, 4.69) is 26.1 Å². The zero-order valence-electron chi connectivity index (χ0n) is 8.18. The molecule has 0 radical (unpaired) electrons. The summed E-state index contributed by atoms with van der Waals surface area (Å²) < 4.78 is 5.02. The van der Waals surface area contributed by atoms with Crippen LogP contribution >= 0.6 is 0 Å². The molecule has 0 fully saturated rings. The van der Waals surface area contributed by atoms with Gasteiger partial charge in [0.1, 0.15) is 0 Å². The van der Waals surface area contributed by atoms with E-state index in [1.54, 1.807) is 7.11 Å². The van der Waals surface area contributed by atoms with Crippen molar-refractivity contribution in [2.75, 3.05) is 13.7 Å². The first-order valence-corrected chi connectivity index (χ1v) is 4.45. The molecule has 0 aromatic heterocycles. The lowest BCUT2D eigenvalue weighted by atomic mass is 10.1. The molecule has 1 N–H and O–H groups in total. The highest BCUT2D eigenvalue weighted by Crippen LogP contribution is 1.98. The van der Waals surface area contributed by atoms with Gasteiger partial charge in [-0.1, -0.05) is 20.8 Å². The Morgan fingerprint density at radius 2 is 2.09 bits per heavy atom. The fraction of sp³-hybridized carbons (Fsp3) is 1.00. The van der Waals surface area contributed by atoms with Crippen molar-refractivity contribution in [3.63, 3.8) is 0 Å². The van der Waals surface area contributed by atoms with Gasteiger partial charge in [0.05, 0.1) is 0 Å². The minimum Gasteiger partial charge on any atom is -0.385 e. The Morgan fingerprint density at radius 3 is 2.45 bits per heavy atom. The Bertz CT molecular complexity index is 88.6. The van der Waals surface area contributed by atoms with E-state index in [9.17, 15) is 0 Å². The van der Waals surface area contributed by atoms with Crippen molar-refractivity contribution in [2.24, 2.45) is 0 Å². The quantitative estimate of drug-likeness (QED) is 0.643. The van der Waals surface area contributed by atoms with Crippen molar-refractivity contribution in [1.29, 1.82) is 0 Å². The minimum atomic E-state index is 0. The monoisotopic (exact) mass is 161 g/mol. The Hall–Kier alpha value is -0.0800. The van der Waals surface area contributed by atoms with Crippen LogP contribution in [0, 0.1) is 0 Å². The second-order valence-electron chi connectivity index (χ2n) is 3.21. The molecule has 0 aliphatic rings. The molecule has 0 rings (SSSR count). The predicted octanol–water partition coefficient (Wildman–Crippen LogP) is 2.05. The number of rotatable bonds is 6. The zero-order valence-corrected chi connectivity index (χ0v) is 8.18. The number of hydrogen-bond acceptors (Lipinski definition) is 2. The summed E-state index contributed by atoms with van der Waals surface area (Å²) in [6, 6.07) is 1.20. The minimum absolute atomic E-state index is 0. The van der Waals surface area contributed by atoms with Crippen LogP contribution < -0.4 is 5.32 Å². The highest BCUT2D eigenvalue weighted by molar-refractivity contribution is 4.66. The normalized spacial score (nSPS) is 13.9. The number of ether oxygens (including phenoxy) is 1. The van der Waals surface area contributed by atoms with Gasteiger partial charge in [-0.3, -0.25) is 0 Å². The average Bonchev–Trinajstić information content (AvgIpc) is 1.97. The molecule has 0 saturated heterocycles. The summed E-state index contributed by atoms with van der Waals surface area (Å²) in [4.78, 5) is 0. The lowest BCUT2D eigenvalue weighted by Crippen LogP contribution is -2.34. The van der Waals surface area contributed by atoms with Crippen LogP contribution in [0.25, 0.3) is 0 Å². The van der Waals surface area contributed by atoms with E-state index in [1.807, 2.05) is 0 Å². The van der Waals surface area contributed by atoms with Crippen LogP contribution in [0.1, 0.15) is 35.0 Å². The maximum atomic E-state index is 5.02. The molecule has 1 atom stereocenters. The van der Waals surface area contributed by atoms with Gasteiger partial charge < -0.3 is 10.1 Å². The van der Waals surface area contributed by atoms with Gasteiger partial charge in [0.15, 0.2) is 0 Å². The number of methoxy groups -OCH3 is 1. The molecule has 0 aliphatic heterocycles. The Balaban J connectivity index is 0. The van der Waals surface area contributed by atoms with Crippen LogP contribution in [0.2, 0.25) is 0 Å². The van der Waals surface area contributed by atoms with E-state index in [0.717, 1.165) is 13.0 Å². The second-order valence-corrected chi connectivity index (χ2v) is 3.21. The highest BCUT2D eigenvalue weighted by Gasteiger charge is 2.05. The molecule has 0 bridgehead atoms. The summed E-state index contributed by atoms with van der Waals surface area (Å²) in [7, 11) is 1.75. The summed E-state index contributed by atoms with van der Waals surface area (Å²) in [5.41, 5.74) is 0. The average molecular weight is 161 g/mol. The van der Waals surface area contributed by atoms with E-state index in [1.165, 1.54) is 6.42 Å². The van der Waals surface area contributed by atoms with Crippen molar-refractivity contribution < 1.29 is 6.16 Å². The molecule has 2 nitrogen and oxygen atoms in total. The van der Waals surface area contributed by atoms with Crippen LogP contribution in [0.15, 0.2) is 0 Å². The Kier molecular flexibility index (Phi) is 6.57. The summed E-state index contributed by atoms with van der Waals surface area (Å²) in [6.07, 6.45) is 2.30. The molecule has 11 heavy (non-hydrogen) atoms. The molecule has 0 aliphatic carbocycles. The largest absolute Gasteiger partial charge is 0.385 e. The third kappa shape index (κ3) is 6.32. The molecule has 0 saturated carbocycles. The van der Waals surface area contributed by atoms with Crippen LogP contribution in [0.3, 0.4) is 0 Å². The van der Waals surface area contributed by atoms with Gasteiger partial charge in [0.2, 0.25) is 0 Å². The van der Waals surface area contributed by atoms with Crippen molar-refractivity contribution in [1.82, 2.24) is 5.32 Å². The lowest BCUT2D eigenvalue weighted by Gasteiger charge is -2.18. The first kappa shape index (κ1) is 10.9.